The van der Waals surface area contributed by atoms with Gasteiger partial charge in [0.2, 0.25) is 0 Å². The molecule has 4 aromatic carbocycles. The van der Waals surface area contributed by atoms with Gasteiger partial charge in [-0.3, -0.25) is 0 Å². The number of benzene rings is 5. The predicted octanol–water partition coefficient (Wildman–Crippen LogP) is -0.730. The number of aromatic nitrogens is 1. The first-order chi connectivity index (χ1) is 20.2. The topological polar surface area (TPSA) is 138 Å². The van der Waals surface area contributed by atoms with Gasteiger partial charge in [-0.1, -0.05) is 36.4 Å². The van der Waals surface area contributed by atoms with Gasteiger partial charge in [0.25, 0.3) is 0 Å². The molecule has 2 aliphatic rings. The minimum absolute atomic E-state index is 0. The number of carbonyl (C=O) groups is 1. The van der Waals surface area contributed by atoms with Gasteiger partial charge in [0.05, 0.1) is 11.0 Å². The van der Waals surface area contributed by atoms with Crippen LogP contribution in [0.5, 0.6) is 5.75 Å². The van der Waals surface area contributed by atoms with E-state index >= 15 is 0 Å². The number of para-hydroxylation sites is 2. The van der Waals surface area contributed by atoms with Crippen molar-refractivity contribution in [2.24, 2.45) is 0 Å². The van der Waals surface area contributed by atoms with Gasteiger partial charge in [-0.2, -0.15) is 0 Å². The minimum atomic E-state index is -1.31. The third-order valence-electron chi connectivity index (χ3n) is 6.91. The maximum atomic E-state index is 12.4. The van der Waals surface area contributed by atoms with Crippen LogP contribution in [0.15, 0.2) is 115 Å². The summed E-state index contributed by atoms with van der Waals surface area (Å²) in [5, 5.41) is 27.2. The number of nitrogens with zero attached hydrogens (tertiary/aromatic N) is 1. The van der Waals surface area contributed by atoms with Crippen molar-refractivity contribution in [2.75, 3.05) is 0 Å². The third-order valence-corrected chi connectivity index (χ3v) is 10.6. The molecule has 0 bridgehead atoms. The molecular formula is C33H18Br2HgNNa2O6. The van der Waals surface area contributed by atoms with Crippen molar-refractivity contribution in [1.82, 2.24) is 4.98 Å². The monoisotopic (exact) mass is 930 g/mol. The van der Waals surface area contributed by atoms with Crippen LogP contribution in [0.4, 0.5) is 0 Å². The van der Waals surface area contributed by atoms with E-state index in [0.717, 1.165) is 11.0 Å². The summed E-state index contributed by atoms with van der Waals surface area (Å²) in [7, 11) is 0. The molecule has 1 aromatic heterocycles. The summed E-state index contributed by atoms with van der Waals surface area (Å²) < 4.78 is 7.22. The van der Waals surface area contributed by atoms with Crippen molar-refractivity contribution in [1.29, 1.82) is 0 Å². The number of hydrogen-bond donors (Lipinski definition) is 0. The summed E-state index contributed by atoms with van der Waals surface area (Å²) in [6.45, 7) is 0. The molecular weight excluding hydrogens is 913 g/mol. The van der Waals surface area contributed by atoms with Crippen LogP contribution in [0.1, 0.15) is 10.4 Å². The molecule has 12 heteroatoms. The Morgan fingerprint density at radius 2 is 1.36 bits per heavy atom. The van der Waals surface area contributed by atoms with E-state index in [2.05, 4.69) is 55.0 Å². The van der Waals surface area contributed by atoms with Gasteiger partial charge < -0.3 is 5.48 Å². The molecule has 0 unspecified atom stereocenters. The van der Waals surface area contributed by atoms with E-state index in [4.69, 9.17) is 4.42 Å². The number of carbonyl (C=O) groups excluding carboxylic acids is 1. The summed E-state index contributed by atoms with van der Waals surface area (Å²) in [4.78, 5) is 28.4. The Hall–Kier alpha value is -1.63. The van der Waals surface area contributed by atoms with E-state index in [1.165, 1.54) is 22.9 Å². The maximum Gasteiger partial charge on any atom is 1.00 e. The van der Waals surface area contributed by atoms with E-state index < -0.39 is 5.97 Å². The smallest absolute Gasteiger partial charge is 0.248 e. The number of halogens is 2. The van der Waals surface area contributed by atoms with Gasteiger partial charge in [-0.15, -0.1) is 0 Å². The zero-order valence-corrected chi connectivity index (χ0v) is 36.9. The fourth-order valence-corrected chi connectivity index (χ4v) is 8.51. The molecule has 209 valence electrons. The summed E-state index contributed by atoms with van der Waals surface area (Å²) in [5.74, 6) is -1.18. The number of carboxylic acids is 1. The molecule has 1 aliphatic heterocycles. The molecule has 5 aromatic rings. The average Bonchev–Trinajstić information content (AvgIpc) is 2.99. The normalized spacial score (nSPS) is 10.4. The summed E-state index contributed by atoms with van der Waals surface area (Å²) in [5.41, 5.74) is 3.81. The second kappa shape index (κ2) is 16.0. The van der Waals surface area contributed by atoms with Crippen molar-refractivity contribution >= 4 is 73.7 Å². The van der Waals surface area contributed by atoms with Crippen molar-refractivity contribution in [3.63, 3.8) is 0 Å². The molecule has 0 radical (unpaired) electrons. The Morgan fingerprint density at radius 3 is 1.98 bits per heavy atom. The molecule has 0 amide bonds. The summed E-state index contributed by atoms with van der Waals surface area (Å²) >= 11 is 6.47. The molecule has 1 aliphatic carbocycles. The first-order valence-electron chi connectivity index (χ1n) is 12.7. The van der Waals surface area contributed by atoms with Gasteiger partial charge in [-0.05, 0) is 18.2 Å². The van der Waals surface area contributed by atoms with Gasteiger partial charge in [0, 0.05) is 10.8 Å². The Kier molecular flexibility index (Phi) is 13.4. The molecule has 0 fully saturated rings. The van der Waals surface area contributed by atoms with E-state index in [-0.39, 0.29) is 113 Å². The first kappa shape index (κ1) is 37.8. The number of rotatable bonds is 2. The number of carboxylic acid groups (broad SMARTS) is 1. The second-order valence-corrected chi connectivity index (χ2v) is 14.0. The van der Waals surface area contributed by atoms with Crippen molar-refractivity contribution in [3.8, 4) is 28.2 Å². The van der Waals surface area contributed by atoms with E-state index in [1.54, 1.807) is 30.3 Å². The molecule has 2 heterocycles. The maximum absolute atomic E-state index is 12.4. The Labute approximate surface area is 334 Å². The van der Waals surface area contributed by atoms with Gasteiger partial charge >= 0.3 is 252 Å². The number of hydrogen-bond acceptors (Lipinski definition) is 6. The van der Waals surface area contributed by atoms with Gasteiger partial charge in [0.15, 0.2) is 0 Å². The summed E-state index contributed by atoms with van der Waals surface area (Å²) in [6, 6.07) is 29.6. The number of pyridine rings is 1. The fourth-order valence-electron chi connectivity index (χ4n) is 4.93. The molecule has 7 nitrogen and oxygen atoms in total. The number of aromatic carboxylic acids is 1. The standard InChI is InChI=1S/C20H9Br2O5.C13H9N.Hg.2Na.H2O/c21-13-5-11-17(7-15(13)23)27-18-8-16(24)14(22)6-12(18)19(11)9-3-1-2-4-10(9)20(25)26;1-3-7-12-10(5-1)9-11-6-2-4-8-13(11)14-12;;;;/h1-7,24H,(H,25,26);1-9H;;;;1H2/q;;;2*+1;/p-2. The molecule has 0 saturated carbocycles. The first-order valence-corrected chi connectivity index (χ1v) is 17.0. The summed E-state index contributed by atoms with van der Waals surface area (Å²) in [6.07, 6.45) is 0. The van der Waals surface area contributed by atoms with E-state index in [9.17, 15) is 19.8 Å². The second-order valence-electron chi connectivity index (χ2n) is 9.51. The van der Waals surface area contributed by atoms with Gasteiger partial charge in [0.1, 0.15) is 0 Å². The predicted molar refractivity (Wildman–Crippen MR) is 166 cm³/mol. The van der Waals surface area contributed by atoms with Crippen LogP contribution in [0.2, 0.25) is 0 Å². The SMILES string of the molecule is O.O=C([O-])c1ccccc1-c1c2cc(Br)c(=O)cc-2oc2[c]([Hg])c([O-])c(Br)cc12.[Na+].[Na+].c1ccc2nc3ccccc3cc2c1. The van der Waals surface area contributed by atoms with Crippen LogP contribution in [-0.2, 0) is 26.1 Å². The zero-order valence-electron chi connectivity index (χ0n) is 24.2. The fraction of sp³-hybridized carbons (Fsp3) is 0. The molecule has 45 heavy (non-hydrogen) atoms. The van der Waals surface area contributed by atoms with E-state index in [0.29, 0.717) is 39.7 Å². The van der Waals surface area contributed by atoms with Crippen molar-refractivity contribution in [3.05, 3.63) is 122 Å². The Bertz CT molecular complexity index is 2120. The van der Waals surface area contributed by atoms with Crippen LogP contribution in [0, 0.1) is 0 Å². The number of fused-ring (bicyclic) bond motifs is 4. The molecule has 0 spiro atoms. The largest absolute Gasteiger partial charge is 1.00 e. The minimum Gasteiger partial charge on any atom is -0.248 e. The Balaban J connectivity index is 0.000000275. The Morgan fingerprint density at radius 1 is 0.778 bits per heavy atom. The van der Waals surface area contributed by atoms with Crippen LogP contribution < -0.4 is 77.8 Å². The molecule has 7 rings (SSSR count). The van der Waals surface area contributed by atoms with E-state index in [1.807, 2.05) is 36.4 Å². The zero-order chi connectivity index (χ0) is 29.5. The van der Waals surface area contributed by atoms with Crippen LogP contribution in [-0.4, -0.2) is 16.4 Å². The molecule has 0 atom stereocenters. The quantitative estimate of drug-likeness (QED) is 0.166. The average molecular weight is 931 g/mol. The van der Waals surface area contributed by atoms with Crippen molar-refractivity contribution in [2.45, 2.75) is 0 Å². The van der Waals surface area contributed by atoms with Gasteiger partial charge in [-0.25, -0.2) is 4.98 Å². The molecule has 0 saturated heterocycles. The third kappa shape index (κ3) is 7.59. The molecule has 2 N–H and O–H groups in total. The van der Waals surface area contributed by atoms with Crippen molar-refractivity contribution < 1.29 is 110 Å². The van der Waals surface area contributed by atoms with Crippen LogP contribution in [0.25, 0.3) is 55.2 Å². The van der Waals surface area contributed by atoms with Crippen LogP contribution >= 0.6 is 31.9 Å². The van der Waals surface area contributed by atoms with Crippen LogP contribution in [0.3, 0.4) is 0 Å².